The molecule has 0 atom stereocenters. The van der Waals surface area contributed by atoms with Crippen molar-refractivity contribution in [2.75, 3.05) is 25.4 Å². The van der Waals surface area contributed by atoms with Gasteiger partial charge in [-0.15, -0.1) is 0 Å². The number of sulfone groups is 1. The molecule has 194 valence electrons. The summed E-state index contributed by atoms with van der Waals surface area (Å²) in [6.45, 7) is 3.48. The van der Waals surface area contributed by atoms with Gasteiger partial charge in [0.05, 0.1) is 33.1 Å². The maximum absolute atomic E-state index is 15.2. The van der Waals surface area contributed by atoms with Crippen LogP contribution in [0.4, 0.5) is 4.39 Å². The van der Waals surface area contributed by atoms with Crippen molar-refractivity contribution in [1.29, 1.82) is 0 Å². The van der Waals surface area contributed by atoms with Gasteiger partial charge in [-0.2, -0.15) is 0 Å². The van der Waals surface area contributed by atoms with Gasteiger partial charge in [0.25, 0.3) is 5.56 Å². The fraction of sp³-hybridized carbons (Fsp3) is 0.417. The van der Waals surface area contributed by atoms with Gasteiger partial charge in [0.1, 0.15) is 5.82 Å². The Morgan fingerprint density at radius 2 is 1.83 bits per heavy atom. The Morgan fingerprint density at radius 1 is 1.14 bits per heavy atom. The van der Waals surface area contributed by atoms with E-state index in [1.165, 1.54) is 25.1 Å². The number of nitrogens with one attached hydrogen (secondary N) is 1. The van der Waals surface area contributed by atoms with Gasteiger partial charge in [0.15, 0.2) is 9.84 Å². The third-order valence-electron chi connectivity index (χ3n) is 6.75. The molecule has 2 aromatic carbocycles. The highest BCUT2D eigenvalue weighted by atomic mass is 35.5. The molecule has 0 amide bonds. The minimum absolute atomic E-state index is 0.0238. The summed E-state index contributed by atoms with van der Waals surface area (Å²) in [4.78, 5) is 30.8. The van der Waals surface area contributed by atoms with E-state index in [0.29, 0.717) is 12.5 Å². The predicted molar refractivity (Wildman–Crippen MR) is 139 cm³/mol. The molecule has 4 rings (SSSR count). The molecule has 0 saturated carbocycles. The van der Waals surface area contributed by atoms with Gasteiger partial charge >= 0.3 is 5.69 Å². The Labute approximate surface area is 217 Å². The first-order chi connectivity index (χ1) is 17.1. The van der Waals surface area contributed by atoms with Crippen LogP contribution >= 0.6 is 23.2 Å². The predicted octanol–water partition coefficient (Wildman–Crippen LogP) is 3.15. The molecule has 0 aliphatic carbocycles. The van der Waals surface area contributed by atoms with Gasteiger partial charge in [0.2, 0.25) is 0 Å². The molecule has 3 N–H and O–H groups in total. The van der Waals surface area contributed by atoms with Crippen LogP contribution in [0.2, 0.25) is 10.0 Å². The number of H-pyrrole nitrogens is 1. The minimum atomic E-state index is -3.65. The van der Waals surface area contributed by atoms with Crippen LogP contribution in [-0.4, -0.2) is 48.3 Å². The van der Waals surface area contributed by atoms with E-state index in [1.54, 1.807) is 0 Å². The molecule has 0 unspecified atom stereocenters. The summed E-state index contributed by atoms with van der Waals surface area (Å²) in [5, 5.41) is 0.119. The number of rotatable bonds is 7. The van der Waals surface area contributed by atoms with Crippen LogP contribution in [0.3, 0.4) is 0 Å². The van der Waals surface area contributed by atoms with Crippen molar-refractivity contribution < 1.29 is 12.8 Å². The van der Waals surface area contributed by atoms with E-state index in [1.807, 2.05) is 0 Å². The molecular formula is C24H27Cl2FN4O4S. The molecule has 0 bridgehead atoms. The zero-order valence-corrected chi connectivity index (χ0v) is 22.0. The number of halogens is 3. The van der Waals surface area contributed by atoms with Gasteiger partial charge in [-0.25, -0.2) is 17.6 Å². The Kier molecular flexibility index (Phi) is 7.92. The highest BCUT2D eigenvalue weighted by Gasteiger charge is 2.24. The lowest BCUT2D eigenvalue weighted by Gasteiger charge is -2.31. The number of likely N-dealkylation sites (tertiary alicyclic amines) is 1. The molecule has 1 saturated heterocycles. The molecule has 1 aliphatic rings. The lowest BCUT2D eigenvalue weighted by Crippen LogP contribution is -2.37. The zero-order chi connectivity index (χ0) is 26.2. The highest BCUT2D eigenvalue weighted by molar-refractivity contribution is 7.91. The summed E-state index contributed by atoms with van der Waals surface area (Å²) in [5.74, 6) is -0.376. The zero-order valence-electron chi connectivity index (χ0n) is 19.7. The summed E-state index contributed by atoms with van der Waals surface area (Å²) in [6.07, 6.45) is 1.81. The SMILES string of the molecule is CCS(=O)(=O)c1ccc(Cl)cc1Cn1c(=O)[nH]c2c(Cl)c(CN3CCC(CN)CC3)c(F)cc2c1=O. The monoisotopic (exact) mass is 556 g/mol. The number of nitrogens with two attached hydrogens (primary N) is 1. The van der Waals surface area contributed by atoms with E-state index in [4.69, 9.17) is 28.9 Å². The number of aromatic nitrogens is 2. The summed E-state index contributed by atoms with van der Waals surface area (Å²) in [6, 6.07) is 5.23. The van der Waals surface area contributed by atoms with Crippen molar-refractivity contribution in [3.63, 3.8) is 0 Å². The van der Waals surface area contributed by atoms with Crippen molar-refractivity contribution in [2.45, 2.75) is 37.8 Å². The van der Waals surface area contributed by atoms with Crippen LogP contribution in [-0.2, 0) is 22.9 Å². The van der Waals surface area contributed by atoms with Crippen LogP contribution in [0.15, 0.2) is 38.8 Å². The first-order valence-corrected chi connectivity index (χ1v) is 14.0. The van der Waals surface area contributed by atoms with Crippen molar-refractivity contribution in [2.24, 2.45) is 11.7 Å². The van der Waals surface area contributed by atoms with E-state index in [2.05, 4.69) is 9.88 Å². The van der Waals surface area contributed by atoms with Gasteiger partial charge in [-0.05, 0) is 68.2 Å². The largest absolute Gasteiger partial charge is 0.330 e. The van der Waals surface area contributed by atoms with Crippen LogP contribution in [0, 0.1) is 11.7 Å². The smallest absolute Gasteiger partial charge is 0.329 e. The molecule has 2 heterocycles. The molecule has 12 heteroatoms. The summed E-state index contributed by atoms with van der Waals surface area (Å²) in [5.41, 5.74) is 4.59. The summed E-state index contributed by atoms with van der Waals surface area (Å²) < 4.78 is 41.1. The summed E-state index contributed by atoms with van der Waals surface area (Å²) in [7, 11) is -3.65. The highest BCUT2D eigenvalue weighted by Crippen LogP contribution is 2.29. The van der Waals surface area contributed by atoms with Crippen LogP contribution in [0.1, 0.15) is 30.9 Å². The van der Waals surface area contributed by atoms with Gasteiger partial charge in [-0.3, -0.25) is 14.3 Å². The maximum Gasteiger partial charge on any atom is 0.329 e. The lowest BCUT2D eigenvalue weighted by molar-refractivity contribution is 0.179. The molecule has 8 nitrogen and oxygen atoms in total. The van der Waals surface area contributed by atoms with Crippen LogP contribution in [0.25, 0.3) is 10.9 Å². The van der Waals surface area contributed by atoms with E-state index in [0.717, 1.165) is 36.6 Å². The summed E-state index contributed by atoms with van der Waals surface area (Å²) >= 11 is 12.6. The number of hydrogen-bond donors (Lipinski definition) is 2. The first-order valence-electron chi connectivity index (χ1n) is 11.6. The average Bonchev–Trinajstić information content (AvgIpc) is 2.85. The molecular weight excluding hydrogens is 530 g/mol. The lowest BCUT2D eigenvalue weighted by atomic mass is 9.96. The number of nitrogens with zero attached hydrogens (tertiary/aromatic N) is 2. The second-order valence-electron chi connectivity index (χ2n) is 9.01. The van der Waals surface area contributed by atoms with E-state index in [-0.39, 0.29) is 55.8 Å². The van der Waals surface area contributed by atoms with E-state index in [9.17, 15) is 18.0 Å². The fourth-order valence-corrected chi connectivity index (χ4v) is 6.16. The quantitative estimate of drug-likeness (QED) is 0.461. The number of fused-ring (bicyclic) bond motifs is 1. The number of hydrogen-bond acceptors (Lipinski definition) is 6. The number of benzene rings is 2. The fourth-order valence-electron chi connectivity index (χ4n) is 4.56. The Balaban J connectivity index is 1.75. The van der Waals surface area contributed by atoms with Crippen LogP contribution < -0.4 is 17.0 Å². The minimum Gasteiger partial charge on any atom is -0.330 e. The molecule has 0 spiro atoms. The molecule has 36 heavy (non-hydrogen) atoms. The molecule has 1 aromatic heterocycles. The molecule has 3 aromatic rings. The van der Waals surface area contributed by atoms with Gasteiger partial charge in [-0.1, -0.05) is 30.1 Å². The second kappa shape index (κ2) is 10.6. The topological polar surface area (TPSA) is 118 Å². The second-order valence-corrected chi connectivity index (χ2v) is 12.1. The standard InChI is InChI=1S/C24H27Cl2FN4O4S/c1-2-36(34,35)20-4-3-16(25)9-15(20)12-31-23(32)17-10-19(27)18(21(26)22(17)29-24(31)33)13-30-7-5-14(11-28)6-8-30/h3-4,9-10,14H,2,5-8,11-13,28H2,1H3,(H,29,33). The number of aromatic amines is 1. The first kappa shape index (κ1) is 26.8. The van der Waals surface area contributed by atoms with Crippen molar-refractivity contribution in [3.05, 3.63) is 72.1 Å². The van der Waals surface area contributed by atoms with Gasteiger partial charge in [0, 0.05) is 17.1 Å². The Hall–Kier alpha value is -2.24. The third kappa shape index (κ3) is 5.24. The Bertz CT molecular complexity index is 1530. The third-order valence-corrected chi connectivity index (χ3v) is 9.23. The number of piperidine rings is 1. The average molecular weight is 557 g/mol. The van der Waals surface area contributed by atoms with Crippen molar-refractivity contribution in [3.8, 4) is 0 Å². The normalized spacial score (nSPS) is 15.6. The van der Waals surface area contributed by atoms with Crippen molar-refractivity contribution in [1.82, 2.24) is 14.5 Å². The van der Waals surface area contributed by atoms with E-state index >= 15 is 4.39 Å². The van der Waals surface area contributed by atoms with Crippen molar-refractivity contribution >= 4 is 43.9 Å². The van der Waals surface area contributed by atoms with E-state index < -0.39 is 26.9 Å². The van der Waals surface area contributed by atoms with Crippen LogP contribution in [0.5, 0.6) is 0 Å². The maximum atomic E-state index is 15.2. The van der Waals surface area contributed by atoms with Gasteiger partial charge < -0.3 is 10.7 Å². The molecule has 1 aliphatic heterocycles. The molecule has 0 radical (unpaired) electrons. The Morgan fingerprint density at radius 3 is 2.47 bits per heavy atom. The molecule has 1 fully saturated rings.